The molecule has 7 amide bonds. The summed E-state index contributed by atoms with van der Waals surface area (Å²) in [7, 11) is 0. The highest BCUT2D eigenvalue weighted by Gasteiger charge is 2.57. The molecule has 7 aromatic carbocycles. The first kappa shape index (κ1) is 93.1. The summed E-state index contributed by atoms with van der Waals surface area (Å²) in [6.45, 7) is 4.26. The number of hydrogen-bond acceptors (Lipinski definition) is 27. The average molecular weight is 1690 g/mol. The number of aryl methyl sites for hydroxylation is 1. The Balaban J connectivity index is 0.00000381. The summed E-state index contributed by atoms with van der Waals surface area (Å²) in [6, 6.07) is 54.3. The second kappa shape index (κ2) is 47.9. The smallest absolute Gasteiger partial charge is 0.410 e. The maximum absolute atomic E-state index is 14.5. The van der Waals surface area contributed by atoms with E-state index in [0.717, 1.165) is 5.56 Å². The molecule has 0 radical (unpaired) electrons. The summed E-state index contributed by atoms with van der Waals surface area (Å²) in [4.78, 5) is 98.5. The molecular weight excluding hydrogens is 1580 g/mol. The molecule has 0 bridgehead atoms. The van der Waals surface area contributed by atoms with Gasteiger partial charge in [0.05, 0.1) is 18.6 Å². The first-order valence-electron chi connectivity index (χ1n) is 40.1. The first-order valence-corrected chi connectivity index (χ1v) is 40.1. The van der Waals surface area contributed by atoms with Crippen molar-refractivity contribution in [2.24, 2.45) is 5.73 Å². The molecule has 34 nitrogen and oxygen atoms in total. The standard InChI is InChI=1S/C84H100N8O26.C4H8/c85-42-61-73(117-76-64(90-82(104)110-48-55-31-16-5-17-32-55)69(97)67(95)62(114-76)43-87-80(102)108-46-53-27-12-3-13-28-53)71(99)78(113-61)118-74-66(94)58(88-75(100)60(93)38-39-86-79(101)107-45-52-25-10-2-11-26-52)41-59(89-81(103)109-47-54-29-14-4-15-30-54)72(74)116-77-65(91-83(105)111-49-56-33-18-6-19-34-56)70(98)68(96)63(115-77)44-92(40-22-37-51-23-8-1-9-24-51)84(106)112-50-57-35-20-7-21-36-57;1-4(2)3/h1-21,23-36,58-74,76-78,93-99H,22,37-50,85H2,(H,86,101)(H,87,102)(H,88,100)(H,89,103)(H,90,104)(H,91,105);1H2,2-3H3/t58-,59+,60+,61-,62+,63-,64-,65-,66+,67-,68-,69-,70-,71-,72-,73-,74-,76-,77-,78+;/m1./s1. The first-order chi connectivity index (χ1) is 59.0. The fourth-order valence-electron chi connectivity index (χ4n) is 13.8. The number of nitrogens with zero attached hydrogens (tertiary/aromatic N) is 1. The lowest BCUT2D eigenvalue weighted by atomic mass is 9.83. The summed E-state index contributed by atoms with van der Waals surface area (Å²) < 4.78 is 72.9. The lowest BCUT2D eigenvalue weighted by Gasteiger charge is -2.49. The molecule has 4 aliphatic rings. The van der Waals surface area contributed by atoms with Crippen LogP contribution in [0, 0.1) is 0 Å². The zero-order valence-corrected chi connectivity index (χ0v) is 67.5. The van der Waals surface area contributed by atoms with Crippen LogP contribution in [0.5, 0.6) is 0 Å². The largest absolute Gasteiger partial charge is 0.445 e. The Bertz CT molecular complexity index is 4350. The number of hydrogen-bond donors (Lipinski definition) is 14. The molecule has 0 aromatic heterocycles. The van der Waals surface area contributed by atoms with Crippen LogP contribution in [-0.2, 0) is 108 Å². The fourth-order valence-corrected chi connectivity index (χ4v) is 13.8. The van der Waals surface area contributed by atoms with Crippen LogP contribution in [0.3, 0.4) is 0 Å². The number of aliphatic hydroxyl groups is 7. The topological polar surface area (TPSA) is 473 Å². The zero-order valence-electron chi connectivity index (χ0n) is 67.5. The highest BCUT2D eigenvalue weighted by molar-refractivity contribution is 5.81. The molecule has 4 fully saturated rings. The van der Waals surface area contributed by atoms with E-state index in [1.54, 1.807) is 182 Å². The number of carbonyl (C=O) groups is 7. The van der Waals surface area contributed by atoms with Gasteiger partial charge in [-0.15, -0.1) is 6.58 Å². The van der Waals surface area contributed by atoms with E-state index >= 15 is 0 Å². The average Bonchev–Trinajstić information content (AvgIpc) is 1.23. The normalized spacial score (nSPS) is 25.5. The molecule has 34 heteroatoms. The van der Waals surface area contributed by atoms with Crippen molar-refractivity contribution in [1.82, 2.24) is 36.8 Å². The number of carbonyl (C=O) groups excluding carboxylic acids is 7. The number of rotatable bonds is 35. The van der Waals surface area contributed by atoms with E-state index in [1.807, 2.05) is 44.2 Å². The van der Waals surface area contributed by atoms with Gasteiger partial charge in [-0.2, -0.15) is 0 Å². The summed E-state index contributed by atoms with van der Waals surface area (Å²) in [5, 5.41) is 101. The van der Waals surface area contributed by atoms with Crippen molar-refractivity contribution in [1.29, 1.82) is 0 Å². The van der Waals surface area contributed by atoms with Gasteiger partial charge in [-0.05, 0) is 78.5 Å². The van der Waals surface area contributed by atoms with Gasteiger partial charge >= 0.3 is 36.6 Å². The van der Waals surface area contributed by atoms with E-state index in [9.17, 15) is 69.3 Å². The summed E-state index contributed by atoms with van der Waals surface area (Å²) in [6.07, 6.45) is -37.0. The van der Waals surface area contributed by atoms with Crippen LogP contribution in [0.2, 0.25) is 0 Å². The van der Waals surface area contributed by atoms with Crippen molar-refractivity contribution in [2.45, 2.75) is 202 Å². The molecule has 0 unspecified atom stereocenters. The minimum atomic E-state index is -2.13. The van der Waals surface area contributed by atoms with E-state index < -0.39 is 197 Å². The molecule has 20 atom stereocenters. The number of ether oxygens (including phenoxy) is 12. The van der Waals surface area contributed by atoms with E-state index in [2.05, 4.69) is 38.5 Å². The number of benzene rings is 7. The third-order valence-electron chi connectivity index (χ3n) is 20.1. The van der Waals surface area contributed by atoms with Crippen molar-refractivity contribution in [3.05, 3.63) is 263 Å². The molecule has 0 spiro atoms. The van der Waals surface area contributed by atoms with Gasteiger partial charge in [0.1, 0.15) is 131 Å². The van der Waals surface area contributed by atoms with Gasteiger partial charge in [0.2, 0.25) is 5.91 Å². The van der Waals surface area contributed by atoms with Crippen LogP contribution in [0.25, 0.3) is 0 Å². The van der Waals surface area contributed by atoms with Crippen molar-refractivity contribution < 1.29 is 126 Å². The van der Waals surface area contributed by atoms with Crippen LogP contribution >= 0.6 is 0 Å². The van der Waals surface area contributed by atoms with Crippen LogP contribution < -0.4 is 37.6 Å². The second-order valence-electron chi connectivity index (χ2n) is 29.8. The van der Waals surface area contributed by atoms with E-state index in [-0.39, 0.29) is 52.7 Å². The molecule has 3 aliphatic heterocycles. The Morgan fingerprint density at radius 1 is 0.426 bits per heavy atom. The lowest BCUT2D eigenvalue weighted by molar-refractivity contribution is -0.312. The Labute approximate surface area is 705 Å². The quantitative estimate of drug-likeness (QED) is 0.0168. The van der Waals surface area contributed by atoms with Crippen molar-refractivity contribution in [3.8, 4) is 0 Å². The van der Waals surface area contributed by atoms with Gasteiger partial charge in [0, 0.05) is 26.2 Å². The molecule has 11 rings (SSSR count). The number of nitrogens with one attached hydrogen (secondary N) is 6. The van der Waals surface area contributed by atoms with Crippen molar-refractivity contribution in [2.75, 3.05) is 32.7 Å². The maximum Gasteiger partial charge on any atom is 0.410 e. The predicted molar refractivity (Wildman–Crippen MR) is 436 cm³/mol. The van der Waals surface area contributed by atoms with Crippen LogP contribution in [0.4, 0.5) is 28.8 Å². The molecule has 1 saturated carbocycles. The molecule has 15 N–H and O–H groups in total. The summed E-state index contributed by atoms with van der Waals surface area (Å²) >= 11 is 0. The van der Waals surface area contributed by atoms with Crippen LogP contribution in [0.1, 0.15) is 72.1 Å². The van der Waals surface area contributed by atoms with Crippen LogP contribution in [-0.4, -0.2) is 238 Å². The molecule has 1 aliphatic carbocycles. The minimum absolute atomic E-state index is 0.0124. The Morgan fingerprint density at radius 2 is 0.795 bits per heavy atom. The SMILES string of the molecule is C=C(C)C.NC[C@H]1O[C@@H](O[C@@H]2[C@@H](O)[C@H](NC(=O)[C@@H](O)CCNC(=O)OCc3ccccc3)C[C@H](NC(=O)OCc3ccccc3)[C@H]2O[C@H]2O[C@H](CN(CCCc3ccccc3)C(=O)OCc3ccccc3)[C@@H](O)[C@H](O)[C@H]2NC(=O)OCc2ccccc2)[C@H](O)[C@@H]1O[C@H]1O[C@@H](CNC(=O)OCc2ccccc2)[C@@H](O)[C@H](O)[C@H]1NC(=O)OCc1ccccc1. The maximum atomic E-state index is 14.5. The highest BCUT2D eigenvalue weighted by Crippen LogP contribution is 2.37. The van der Waals surface area contributed by atoms with E-state index in [4.69, 9.17) is 62.6 Å². The lowest BCUT2D eigenvalue weighted by Crippen LogP contribution is -2.70. The Kier molecular flexibility index (Phi) is 36.5. The number of amides is 7. The number of nitrogens with two attached hydrogens (primary N) is 1. The summed E-state index contributed by atoms with van der Waals surface area (Å²) in [5.41, 5.74) is 12.1. The van der Waals surface area contributed by atoms with Crippen molar-refractivity contribution in [3.63, 3.8) is 0 Å². The Hall–Kier alpha value is -11.2. The third-order valence-corrected chi connectivity index (χ3v) is 20.1. The fraction of sp³-hybridized carbons (Fsp3) is 0.420. The van der Waals surface area contributed by atoms with Gasteiger partial charge < -0.3 is 135 Å². The van der Waals surface area contributed by atoms with Crippen molar-refractivity contribution >= 4 is 42.5 Å². The van der Waals surface area contributed by atoms with Gasteiger partial charge in [-0.25, -0.2) is 28.8 Å². The molecule has 3 heterocycles. The predicted octanol–water partition coefficient (Wildman–Crippen LogP) is 5.67. The highest BCUT2D eigenvalue weighted by atomic mass is 16.8. The van der Waals surface area contributed by atoms with Gasteiger partial charge in [-0.3, -0.25) is 4.79 Å². The zero-order chi connectivity index (χ0) is 86.9. The molecule has 656 valence electrons. The number of aliphatic hydroxyl groups excluding tert-OH is 7. The third kappa shape index (κ3) is 28.7. The minimum Gasteiger partial charge on any atom is -0.445 e. The number of alkyl carbamates (subject to hydrolysis) is 5. The molecular formula is C88H108N8O26. The van der Waals surface area contributed by atoms with Gasteiger partial charge in [0.25, 0.3) is 0 Å². The van der Waals surface area contributed by atoms with E-state index in [0.29, 0.717) is 46.2 Å². The second-order valence-corrected chi connectivity index (χ2v) is 29.8. The van der Waals surface area contributed by atoms with E-state index in [1.165, 1.54) is 10.5 Å². The molecule has 122 heavy (non-hydrogen) atoms. The van der Waals surface area contributed by atoms with Gasteiger partial charge in [-0.1, -0.05) is 218 Å². The Morgan fingerprint density at radius 3 is 1.24 bits per heavy atom. The van der Waals surface area contributed by atoms with Gasteiger partial charge in [0.15, 0.2) is 18.9 Å². The monoisotopic (exact) mass is 1690 g/mol. The summed E-state index contributed by atoms with van der Waals surface area (Å²) in [5.74, 6) is -1.13. The molecule has 7 aromatic rings. The van der Waals surface area contributed by atoms with Crippen LogP contribution in [0.15, 0.2) is 224 Å². The number of allylic oxidation sites excluding steroid dienone is 1. The molecule has 3 saturated heterocycles.